The Morgan fingerprint density at radius 3 is 2.34 bits per heavy atom. The van der Waals surface area contributed by atoms with Crippen LogP contribution in [0.2, 0.25) is 0 Å². The minimum absolute atomic E-state index is 0.0194. The number of rotatable bonds is 13. The Bertz CT molecular complexity index is 2020. The second kappa shape index (κ2) is 17.1. The van der Waals surface area contributed by atoms with Gasteiger partial charge < -0.3 is 24.4 Å². The van der Waals surface area contributed by atoms with Gasteiger partial charge in [-0.05, 0) is 70.6 Å². The van der Waals surface area contributed by atoms with Crippen LogP contribution in [0.15, 0.2) is 48.0 Å². The summed E-state index contributed by atoms with van der Waals surface area (Å²) in [7, 11) is 0. The van der Waals surface area contributed by atoms with Crippen LogP contribution in [0.5, 0.6) is 11.5 Å². The van der Waals surface area contributed by atoms with Crippen molar-refractivity contribution < 1.29 is 59.7 Å². The average molecular weight is 841 g/mol. The normalized spacial score (nSPS) is 20.0. The number of ether oxygens (including phenoxy) is 2. The largest absolute Gasteiger partial charge is 0.490 e. The van der Waals surface area contributed by atoms with Crippen LogP contribution in [0.4, 0.5) is 30.7 Å². The first-order chi connectivity index (χ1) is 27.2. The fourth-order valence-corrected chi connectivity index (χ4v) is 8.38. The number of aliphatic carboxylic acids is 1. The van der Waals surface area contributed by atoms with Crippen molar-refractivity contribution >= 4 is 29.1 Å². The van der Waals surface area contributed by atoms with Gasteiger partial charge in [0.15, 0.2) is 11.6 Å². The number of nitrogens with zero attached hydrogens (tertiary/aromatic N) is 4. The second-order valence-corrected chi connectivity index (χ2v) is 16.1. The average Bonchev–Trinajstić information content (AvgIpc) is 3.66. The molecule has 314 valence electrons. The van der Waals surface area contributed by atoms with Gasteiger partial charge in [-0.3, -0.25) is 19.4 Å². The Balaban J connectivity index is 1.48. The molecule has 2 aromatic heterocycles. The number of halogens is 7. The van der Waals surface area contributed by atoms with Crippen molar-refractivity contribution in [3.8, 4) is 17.6 Å². The fraction of sp³-hybridized carbons (Fsp3) is 0.525. The topological polar surface area (TPSA) is 133 Å². The molecule has 2 fully saturated rings. The Hall–Kier alpha value is -4.92. The van der Waals surface area contributed by atoms with Crippen molar-refractivity contribution in [2.75, 3.05) is 26.2 Å². The molecule has 18 heteroatoms. The molecule has 2 aliphatic heterocycles. The standard InChI is InChI=1S/C40H43F7N4O6S/c1-4-9-29-38(57-25-22-30(58-23-25)40(45,46)47,14-7-18-51(29)33(52)31-26(39(42,43)44)11-6-17-49-31)34(53)50-19-15-37(24-48,16-20-50)27-10-5-12-28(41)32(27)56-21-8-13-36(2,3)35(54)55/h5-6,10-12,17,22-23,29H,4,7-9,13-16,18-21H2,1-3H3,(H,54,55)/t29?,38-/m0/s1. The van der Waals surface area contributed by atoms with E-state index in [2.05, 4.69) is 11.1 Å². The number of alkyl halides is 6. The number of benzene rings is 1. The van der Waals surface area contributed by atoms with Crippen LogP contribution in [0.1, 0.15) is 98.6 Å². The predicted molar refractivity (Wildman–Crippen MR) is 197 cm³/mol. The third-order valence-electron chi connectivity index (χ3n) is 10.9. The van der Waals surface area contributed by atoms with Crippen molar-refractivity contribution in [2.45, 2.75) is 102 Å². The number of hydrogen-bond acceptors (Lipinski definition) is 8. The van der Waals surface area contributed by atoms with E-state index in [-0.39, 0.29) is 88.2 Å². The first kappa shape index (κ1) is 44.2. The van der Waals surface area contributed by atoms with E-state index < -0.39 is 74.6 Å². The molecular formula is C40H43F7N4O6S. The minimum atomic E-state index is -4.95. The molecule has 0 saturated carbocycles. The van der Waals surface area contributed by atoms with Crippen molar-refractivity contribution in [2.24, 2.45) is 5.41 Å². The summed E-state index contributed by atoms with van der Waals surface area (Å²) >= 11 is 0.331. The number of nitriles is 1. The van der Waals surface area contributed by atoms with Crippen LogP contribution >= 0.6 is 11.3 Å². The van der Waals surface area contributed by atoms with Gasteiger partial charge in [0.25, 0.3) is 11.8 Å². The molecule has 1 unspecified atom stereocenters. The highest BCUT2D eigenvalue weighted by molar-refractivity contribution is 7.10. The van der Waals surface area contributed by atoms with Gasteiger partial charge in [-0.25, -0.2) is 4.39 Å². The summed E-state index contributed by atoms with van der Waals surface area (Å²) in [6.07, 6.45) is -8.01. The van der Waals surface area contributed by atoms with Crippen LogP contribution in [0, 0.1) is 22.6 Å². The van der Waals surface area contributed by atoms with Crippen molar-refractivity contribution in [1.29, 1.82) is 5.26 Å². The van der Waals surface area contributed by atoms with Gasteiger partial charge in [-0.15, -0.1) is 11.3 Å². The van der Waals surface area contributed by atoms with Crippen LogP contribution < -0.4 is 9.47 Å². The lowest BCUT2D eigenvalue weighted by molar-refractivity contribution is -0.160. The first-order valence-electron chi connectivity index (χ1n) is 18.7. The molecule has 4 heterocycles. The van der Waals surface area contributed by atoms with E-state index >= 15 is 4.39 Å². The second-order valence-electron chi connectivity index (χ2n) is 15.2. The monoisotopic (exact) mass is 840 g/mol. The molecule has 0 bridgehead atoms. The predicted octanol–water partition coefficient (Wildman–Crippen LogP) is 8.90. The number of piperidine rings is 2. The number of aromatic nitrogens is 1. The SMILES string of the molecule is CCCC1N(C(=O)c2ncccc2C(F)(F)F)CCC[C@@]1(Oc1csc(C(F)(F)F)c1)C(=O)N1CCC(C#N)(c2cccc(F)c2OCCCC(C)(C)C(=O)O)CC1. The van der Waals surface area contributed by atoms with E-state index in [0.29, 0.717) is 23.8 Å². The molecule has 0 spiro atoms. The lowest BCUT2D eigenvalue weighted by atomic mass is 9.72. The molecule has 3 aromatic rings. The molecule has 0 radical (unpaired) electrons. The van der Waals surface area contributed by atoms with Gasteiger partial charge >= 0.3 is 18.3 Å². The number of pyridine rings is 1. The lowest BCUT2D eigenvalue weighted by Gasteiger charge is -2.51. The minimum Gasteiger partial charge on any atom is -0.490 e. The number of carboxylic acid groups (broad SMARTS) is 1. The zero-order valence-corrected chi connectivity index (χ0v) is 32.8. The summed E-state index contributed by atoms with van der Waals surface area (Å²) in [6, 6.07) is 7.60. The van der Waals surface area contributed by atoms with E-state index in [1.54, 1.807) is 20.8 Å². The summed E-state index contributed by atoms with van der Waals surface area (Å²) in [5, 5.41) is 21.1. The number of amides is 2. The number of likely N-dealkylation sites (tertiary alicyclic amines) is 2. The number of hydrogen-bond donors (Lipinski definition) is 1. The lowest BCUT2D eigenvalue weighted by Crippen LogP contribution is -2.68. The maximum Gasteiger partial charge on any atom is 0.425 e. The maximum atomic E-state index is 15.3. The highest BCUT2D eigenvalue weighted by Gasteiger charge is 2.57. The Morgan fingerprint density at radius 1 is 1.03 bits per heavy atom. The van der Waals surface area contributed by atoms with E-state index in [9.17, 15) is 51.1 Å². The summed E-state index contributed by atoms with van der Waals surface area (Å²) < 4.78 is 111. The zero-order chi connectivity index (χ0) is 42.7. The van der Waals surface area contributed by atoms with E-state index in [1.807, 2.05) is 0 Å². The van der Waals surface area contributed by atoms with E-state index in [0.717, 1.165) is 34.7 Å². The summed E-state index contributed by atoms with van der Waals surface area (Å²) in [4.78, 5) is 45.8. The van der Waals surface area contributed by atoms with Gasteiger partial charge in [0.2, 0.25) is 5.60 Å². The maximum absolute atomic E-state index is 15.3. The molecule has 1 aromatic carbocycles. The third-order valence-corrected chi connectivity index (χ3v) is 11.8. The third kappa shape index (κ3) is 9.03. The van der Waals surface area contributed by atoms with Gasteiger partial charge in [0.1, 0.15) is 16.3 Å². The van der Waals surface area contributed by atoms with Crippen molar-refractivity contribution in [3.63, 3.8) is 0 Å². The molecule has 2 saturated heterocycles. The first-order valence-corrected chi connectivity index (χ1v) is 19.6. The molecule has 2 aliphatic rings. The Morgan fingerprint density at radius 2 is 1.74 bits per heavy atom. The van der Waals surface area contributed by atoms with E-state index in [1.165, 1.54) is 17.0 Å². The van der Waals surface area contributed by atoms with Crippen LogP contribution in [-0.4, -0.2) is 75.6 Å². The number of carboxylic acids is 1. The number of para-hydroxylation sites is 1. The van der Waals surface area contributed by atoms with E-state index in [4.69, 9.17) is 9.47 Å². The van der Waals surface area contributed by atoms with Crippen LogP contribution in [-0.2, 0) is 27.4 Å². The van der Waals surface area contributed by atoms with Crippen molar-refractivity contribution in [1.82, 2.24) is 14.8 Å². The number of thiophene rings is 1. The highest BCUT2D eigenvalue weighted by atomic mass is 32.1. The fourth-order valence-electron chi connectivity index (χ4n) is 7.70. The summed E-state index contributed by atoms with van der Waals surface area (Å²) in [5.74, 6) is -4.11. The molecular weight excluding hydrogens is 798 g/mol. The molecule has 5 rings (SSSR count). The van der Waals surface area contributed by atoms with Gasteiger partial charge in [-0.2, -0.15) is 31.6 Å². The molecule has 10 nitrogen and oxygen atoms in total. The van der Waals surface area contributed by atoms with Crippen LogP contribution in [0.3, 0.4) is 0 Å². The van der Waals surface area contributed by atoms with Gasteiger partial charge in [0.05, 0.1) is 35.1 Å². The number of carbonyl (C=O) groups is 3. The zero-order valence-electron chi connectivity index (χ0n) is 32.0. The molecule has 58 heavy (non-hydrogen) atoms. The smallest absolute Gasteiger partial charge is 0.425 e. The van der Waals surface area contributed by atoms with Crippen LogP contribution in [0.25, 0.3) is 0 Å². The molecule has 0 aliphatic carbocycles. The summed E-state index contributed by atoms with van der Waals surface area (Å²) in [6.45, 7) is 4.43. The quantitative estimate of drug-likeness (QED) is 0.133. The number of carbonyl (C=O) groups excluding carboxylic acids is 2. The molecule has 2 amide bonds. The Kier molecular flexibility index (Phi) is 13.0. The Labute approximate surface area is 334 Å². The van der Waals surface area contributed by atoms with Crippen molar-refractivity contribution in [3.05, 3.63) is 75.5 Å². The molecule has 2 atom stereocenters. The van der Waals surface area contributed by atoms with Gasteiger partial charge in [0, 0.05) is 49.3 Å². The van der Waals surface area contributed by atoms with Gasteiger partial charge in [-0.1, -0.05) is 25.5 Å². The summed E-state index contributed by atoms with van der Waals surface area (Å²) in [5.41, 5.74) is -6.46. The molecule has 1 N–H and O–H groups in total. The highest BCUT2D eigenvalue weighted by Crippen LogP contribution is 2.45.